The van der Waals surface area contributed by atoms with Gasteiger partial charge >= 0.3 is 0 Å². The van der Waals surface area contributed by atoms with E-state index in [1.165, 1.54) is 18.5 Å². The highest BCUT2D eigenvalue weighted by Gasteiger charge is 2.42. The van der Waals surface area contributed by atoms with Crippen LogP contribution in [-0.2, 0) is 11.8 Å². The first-order valence-corrected chi connectivity index (χ1v) is 8.33. The molecule has 1 unspecified atom stereocenters. The van der Waals surface area contributed by atoms with Crippen LogP contribution < -0.4 is 5.73 Å². The Balaban J connectivity index is 1.88. The van der Waals surface area contributed by atoms with Gasteiger partial charge in [-0.1, -0.05) is 25.7 Å². The van der Waals surface area contributed by atoms with E-state index in [9.17, 15) is 4.79 Å². The van der Waals surface area contributed by atoms with Crippen molar-refractivity contribution in [1.82, 2.24) is 9.47 Å². The molecule has 1 saturated carbocycles. The number of nitrogens with zero attached hydrogens (tertiary/aromatic N) is 2. The summed E-state index contributed by atoms with van der Waals surface area (Å²) in [4.78, 5) is 15.2. The maximum absolute atomic E-state index is 13.1. The highest BCUT2D eigenvalue weighted by molar-refractivity contribution is 5.86. The third-order valence-electron chi connectivity index (χ3n) is 5.26. The molecule has 1 atom stereocenters. The summed E-state index contributed by atoms with van der Waals surface area (Å²) in [6.07, 6.45) is 10.5. The molecule has 0 spiro atoms. The Morgan fingerprint density at radius 1 is 1.24 bits per heavy atom. The van der Waals surface area contributed by atoms with Crippen molar-refractivity contribution in [2.24, 2.45) is 12.8 Å². The normalized spacial score (nSPS) is 25.8. The lowest BCUT2D eigenvalue weighted by atomic mass is 9.95. The summed E-state index contributed by atoms with van der Waals surface area (Å²) >= 11 is 0. The zero-order valence-electron chi connectivity index (χ0n) is 13.1. The summed E-state index contributed by atoms with van der Waals surface area (Å²) in [6, 6.07) is 4.41. The topological polar surface area (TPSA) is 51.3 Å². The average molecular weight is 289 g/mol. The van der Waals surface area contributed by atoms with Gasteiger partial charge in [0, 0.05) is 25.5 Å². The molecule has 1 amide bonds. The number of aryl methyl sites for hydroxylation is 1. The summed E-state index contributed by atoms with van der Waals surface area (Å²) in [5.41, 5.74) is 7.08. The molecule has 1 aromatic heterocycles. The molecule has 2 aliphatic rings. The van der Waals surface area contributed by atoms with Crippen molar-refractivity contribution in [2.45, 2.75) is 62.9 Å². The molecule has 0 aromatic carbocycles. The van der Waals surface area contributed by atoms with Crippen LogP contribution in [0.1, 0.15) is 63.1 Å². The number of amides is 1. The molecule has 1 saturated heterocycles. The third-order valence-corrected chi connectivity index (χ3v) is 5.26. The Bertz CT molecular complexity index is 502. The van der Waals surface area contributed by atoms with Crippen LogP contribution in [-0.4, -0.2) is 27.5 Å². The van der Waals surface area contributed by atoms with E-state index in [1.807, 2.05) is 0 Å². The lowest BCUT2D eigenvalue weighted by Crippen LogP contribution is -2.54. The first-order valence-electron chi connectivity index (χ1n) is 8.33. The highest BCUT2D eigenvalue weighted by atomic mass is 16.2. The molecule has 21 heavy (non-hydrogen) atoms. The van der Waals surface area contributed by atoms with E-state index in [0.717, 1.165) is 45.1 Å². The molecule has 2 heterocycles. The van der Waals surface area contributed by atoms with Gasteiger partial charge in [0.1, 0.15) is 0 Å². The number of aromatic nitrogens is 1. The maximum atomic E-state index is 13.1. The van der Waals surface area contributed by atoms with Crippen molar-refractivity contribution in [3.63, 3.8) is 0 Å². The molecular formula is C17H27N3O. The number of likely N-dealkylation sites (tertiary alicyclic amines) is 1. The van der Waals surface area contributed by atoms with E-state index in [-0.39, 0.29) is 11.9 Å². The van der Waals surface area contributed by atoms with E-state index in [2.05, 4.69) is 34.8 Å². The molecular weight excluding hydrogens is 262 g/mol. The van der Waals surface area contributed by atoms with Gasteiger partial charge in [-0.05, 0) is 37.8 Å². The van der Waals surface area contributed by atoms with E-state index >= 15 is 0 Å². The second kappa shape index (κ2) is 5.84. The van der Waals surface area contributed by atoms with Crippen molar-refractivity contribution in [3.05, 3.63) is 24.0 Å². The molecule has 4 heteroatoms. The smallest absolute Gasteiger partial charge is 0.243 e. The summed E-state index contributed by atoms with van der Waals surface area (Å²) in [6.45, 7) is 0.855. The lowest BCUT2D eigenvalue weighted by Gasteiger charge is -2.36. The first kappa shape index (κ1) is 14.6. The summed E-state index contributed by atoms with van der Waals surface area (Å²) in [5.74, 6) is 0.188. The quantitative estimate of drug-likeness (QED) is 0.910. The van der Waals surface area contributed by atoms with Gasteiger partial charge in [-0.15, -0.1) is 0 Å². The Morgan fingerprint density at radius 3 is 2.67 bits per heavy atom. The molecule has 2 fully saturated rings. The predicted octanol–water partition coefficient (Wildman–Crippen LogP) is 2.74. The largest absolute Gasteiger partial charge is 0.353 e. The number of nitrogens with two attached hydrogens (primary N) is 1. The van der Waals surface area contributed by atoms with Gasteiger partial charge in [0.25, 0.3) is 0 Å². The third kappa shape index (κ3) is 2.73. The Hall–Kier alpha value is -1.29. The minimum atomic E-state index is -0.603. The van der Waals surface area contributed by atoms with Crippen molar-refractivity contribution < 1.29 is 4.79 Å². The Morgan fingerprint density at radius 2 is 2.00 bits per heavy atom. The monoisotopic (exact) mass is 289 g/mol. The fraction of sp³-hybridized carbons (Fsp3) is 0.706. The number of hydrogen-bond acceptors (Lipinski definition) is 2. The maximum Gasteiger partial charge on any atom is 0.243 e. The number of rotatable bonds is 2. The summed E-state index contributed by atoms with van der Waals surface area (Å²) in [7, 11) is 2.07. The average Bonchev–Trinajstić information content (AvgIpc) is 3.02. The van der Waals surface area contributed by atoms with E-state index < -0.39 is 5.54 Å². The van der Waals surface area contributed by atoms with Gasteiger partial charge < -0.3 is 15.2 Å². The minimum Gasteiger partial charge on any atom is -0.353 e. The molecule has 2 N–H and O–H groups in total. The van der Waals surface area contributed by atoms with E-state index in [0.29, 0.717) is 0 Å². The molecule has 116 valence electrons. The molecule has 0 bridgehead atoms. The van der Waals surface area contributed by atoms with Gasteiger partial charge in [0.2, 0.25) is 5.91 Å². The van der Waals surface area contributed by atoms with Crippen LogP contribution in [0.25, 0.3) is 0 Å². The van der Waals surface area contributed by atoms with Crippen molar-refractivity contribution >= 4 is 5.91 Å². The van der Waals surface area contributed by atoms with Crippen LogP contribution in [0.3, 0.4) is 0 Å². The van der Waals surface area contributed by atoms with Crippen molar-refractivity contribution in [2.75, 3.05) is 6.54 Å². The van der Waals surface area contributed by atoms with Gasteiger partial charge in [-0.25, -0.2) is 0 Å². The van der Waals surface area contributed by atoms with Crippen molar-refractivity contribution in [1.29, 1.82) is 0 Å². The van der Waals surface area contributed by atoms with Gasteiger partial charge in [-0.3, -0.25) is 4.79 Å². The summed E-state index contributed by atoms with van der Waals surface area (Å²) < 4.78 is 2.15. The van der Waals surface area contributed by atoms with Crippen LogP contribution >= 0.6 is 0 Å². The molecule has 3 rings (SSSR count). The van der Waals surface area contributed by atoms with E-state index in [4.69, 9.17) is 5.73 Å². The standard InChI is InChI=1S/C17H27N3O/c1-19-12-7-9-14(19)15-8-3-2-6-13-20(15)16(21)17(18)10-4-5-11-17/h7,9,12,15H,2-6,8,10-11,13,18H2,1H3. The highest BCUT2D eigenvalue weighted by Crippen LogP contribution is 2.35. The summed E-state index contributed by atoms with van der Waals surface area (Å²) in [5, 5.41) is 0. The molecule has 0 radical (unpaired) electrons. The Kier molecular flexibility index (Phi) is 4.07. The van der Waals surface area contributed by atoms with Gasteiger partial charge in [0.05, 0.1) is 11.6 Å². The predicted molar refractivity (Wildman–Crippen MR) is 83.7 cm³/mol. The van der Waals surface area contributed by atoms with Crippen LogP contribution in [0.4, 0.5) is 0 Å². The second-order valence-electron chi connectivity index (χ2n) is 6.77. The van der Waals surface area contributed by atoms with Gasteiger partial charge in [-0.2, -0.15) is 0 Å². The fourth-order valence-electron chi connectivity index (χ4n) is 3.99. The molecule has 4 nitrogen and oxygen atoms in total. The first-order chi connectivity index (χ1) is 10.1. The van der Waals surface area contributed by atoms with Crippen LogP contribution in [0.2, 0.25) is 0 Å². The zero-order chi connectivity index (χ0) is 14.9. The van der Waals surface area contributed by atoms with Crippen LogP contribution in [0, 0.1) is 0 Å². The fourth-order valence-corrected chi connectivity index (χ4v) is 3.99. The second-order valence-corrected chi connectivity index (χ2v) is 6.77. The molecule has 1 aliphatic heterocycles. The number of carbonyl (C=O) groups excluding carboxylic acids is 1. The zero-order valence-corrected chi connectivity index (χ0v) is 13.1. The van der Waals surface area contributed by atoms with Crippen molar-refractivity contribution in [3.8, 4) is 0 Å². The number of carbonyl (C=O) groups is 1. The molecule has 1 aromatic rings. The van der Waals surface area contributed by atoms with Crippen LogP contribution in [0.15, 0.2) is 18.3 Å². The minimum absolute atomic E-state index is 0.188. The lowest BCUT2D eigenvalue weighted by molar-refractivity contribution is -0.139. The SMILES string of the molecule is Cn1cccc1C1CCCCCN1C(=O)C1(N)CCCC1. The number of hydrogen-bond donors (Lipinski definition) is 1. The van der Waals surface area contributed by atoms with Gasteiger partial charge in [0.15, 0.2) is 0 Å². The Labute approximate surface area is 127 Å². The van der Waals surface area contributed by atoms with Crippen LogP contribution in [0.5, 0.6) is 0 Å². The molecule has 1 aliphatic carbocycles. The van der Waals surface area contributed by atoms with E-state index in [1.54, 1.807) is 0 Å².